The summed E-state index contributed by atoms with van der Waals surface area (Å²) in [7, 11) is 0. The molecule has 1 N–H and O–H groups in total. The number of pyridine rings is 1. The standard InChI is InChI=1S/C8H5Cl2NO3/c9-6-3-1-2-14-5(3)4(8(12)13)7(10)11-6/h1-2H2,(H,12,13). The maximum atomic E-state index is 10.8. The Kier molecular flexibility index (Phi) is 2.25. The van der Waals surface area contributed by atoms with Gasteiger partial charge in [0.15, 0.2) is 0 Å². The van der Waals surface area contributed by atoms with Crippen LogP contribution in [0.2, 0.25) is 10.3 Å². The maximum absolute atomic E-state index is 10.8. The molecule has 1 aliphatic heterocycles. The summed E-state index contributed by atoms with van der Waals surface area (Å²) in [6.45, 7) is 0.414. The van der Waals surface area contributed by atoms with Gasteiger partial charge in [0.1, 0.15) is 21.6 Å². The van der Waals surface area contributed by atoms with E-state index in [4.69, 9.17) is 33.0 Å². The van der Waals surface area contributed by atoms with Crippen molar-refractivity contribution in [3.8, 4) is 5.75 Å². The number of carboxylic acid groups (broad SMARTS) is 1. The fourth-order valence-electron chi connectivity index (χ4n) is 1.36. The van der Waals surface area contributed by atoms with Crippen LogP contribution in [0.3, 0.4) is 0 Å². The lowest BCUT2D eigenvalue weighted by Gasteiger charge is -2.06. The van der Waals surface area contributed by atoms with Gasteiger partial charge in [-0.2, -0.15) is 0 Å². The summed E-state index contributed by atoms with van der Waals surface area (Å²) in [5.41, 5.74) is 0.511. The highest BCUT2D eigenvalue weighted by atomic mass is 35.5. The Morgan fingerprint density at radius 1 is 1.43 bits per heavy atom. The minimum Gasteiger partial charge on any atom is -0.492 e. The molecule has 0 amide bonds. The van der Waals surface area contributed by atoms with Crippen molar-refractivity contribution in [2.24, 2.45) is 0 Å². The molecule has 1 aromatic rings. The van der Waals surface area contributed by atoms with Gasteiger partial charge in [0.05, 0.1) is 6.61 Å². The van der Waals surface area contributed by atoms with Crippen LogP contribution in [-0.4, -0.2) is 22.7 Å². The SMILES string of the molecule is O=C(O)c1c(Cl)nc(Cl)c2c1OCC2. The van der Waals surface area contributed by atoms with Crippen LogP contribution >= 0.6 is 23.2 Å². The zero-order valence-corrected chi connectivity index (χ0v) is 8.39. The van der Waals surface area contributed by atoms with E-state index in [1.54, 1.807) is 0 Å². The molecule has 0 aromatic carbocycles. The Morgan fingerprint density at radius 2 is 2.14 bits per heavy atom. The van der Waals surface area contributed by atoms with Crippen LogP contribution in [0.1, 0.15) is 15.9 Å². The van der Waals surface area contributed by atoms with E-state index in [1.807, 2.05) is 0 Å². The number of ether oxygens (including phenoxy) is 1. The second-order valence-corrected chi connectivity index (χ2v) is 3.50. The van der Waals surface area contributed by atoms with Gasteiger partial charge in [0.25, 0.3) is 0 Å². The van der Waals surface area contributed by atoms with Crippen LogP contribution in [0.25, 0.3) is 0 Å². The molecule has 0 unspecified atom stereocenters. The number of rotatable bonds is 1. The highest BCUT2D eigenvalue weighted by Gasteiger charge is 2.27. The largest absolute Gasteiger partial charge is 0.492 e. The zero-order chi connectivity index (χ0) is 10.3. The zero-order valence-electron chi connectivity index (χ0n) is 6.88. The summed E-state index contributed by atoms with van der Waals surface area (Å²) in [5, 5.41) is 8.95. The summed E-state index contributed by atoms with van der Waals surface area (Å²) in [6, 6.07) is 0. The van der Waals surface area contributed by atoms with Crippen LogP contribution in [-0.2, 0) is 6.42 Å². The molecular formula is C8H5Cl2NO3. The third-order valence-corrected chi connectivity index (χ3v) is 2.55. The topological polar surface area (TPSA) is 59.4 Å². The molecule has 0 aliphatic carbocycles. The number of hydrogen-bond donors (Lipinski definition) is 1. The van der Waals surface area contributed by atoms with Crippen molar-refractivity contribution >= 4 is 29.2 Å². The molecule has 4 nitrogen and oxygen atoms in total. The van der Waals surface area contributed by atoms with Crippen molar-refractivity contribution in [3.05, 3.63) is 21.4 Å². The number of aromatic carboxylic acids is 1. The molecule has 0 saturated carbocycles. The maximum Gasteiger partial charge on any atom is 0.342 e. The molecule has 6 heteroatoms. The lowest BCUT2D eigenvalue weighted by atomic mass is 10.1. The Morgan fingerprint density at radius 3 is 2.79 bits per heavy atom. The van der Waals surface area contributed by atoms with E-state index in [2.05, 4.69) is 4.98 Å². The van der Waals surface area contributed by atoms with Gasteiger partial charge in [0, 0.05) is 12.0 Å². The number of carboxylic acids is 1. The van der Waals surface area contributed by atoms with Gasteiger partial charge in [-0.1, -0.05) is 23.2 Å². The molecule has 2 heterocycles. The molecule has 0 fully saturated rings. The number of nitrogens with zero attached hydrogens (tertiary/aromatic N) is 1. The number of halogens is 2. The number of hydrogen-bond acceptors (Lipinski definition) is 3. The third-order valence-electron chi connectivity index (χ3n) is 1.97. The highest BCUT2D eigenvalue weighted by molar-refractivity contribution is 6.35. The van der Waals surface area contributed by atoms with E-state index < -0.39 is 5.97 Å². The minimum absolute atomic E-state index is 0.108. The molecule has 0 bridgehead atoms. The quantitative estimate of drug-likeness (QED) is 0.755. The summed E-state index contributed by atoms with van der Waals surface area (Å²) in [5.74, 6) is -0.903. The van der Waals surface area contributed by atoms with Gasteiger partial charge in [-0.3, -0.25) is 0 Å². The fraction of sp³-hybridized carbons (Fsp3) is 0.250. The second-order valence-electron chi connectivity index (χ2n) is 2.78. The first-order valence-electron chi connectivity index (χ1n) is 3.85. The smallest absolute Gasteiger partial charge is 0.342 e. The first-order chi connectivity index (χ1) is 6.61. The molecular weight excluding hydrogens is 229 g/mol. The van der Waals surface area contributed by atoms with Crippen molar-refractivity contribution < 1.29 is 14.6 Å². The Bertz CT molecular complexity index is 420. The Labute approximate surface area is 89.4 Å². The number of carbonyl (C=O) groups is 1. The van der Waals surface area contributed by atoms with E-state index in [-0.39, 0.29) is 21.6 Å². The molecule has 0 atom stereocenters. The summed E-state index contributed by atoms with van der Waals surface area (Å²) in [4.78, 5) is 14.6. The minimum atomic E-state index is -1.16. The Hall–Kier alpha value is -1.00. The molecule has 0 spiro atoms. The molecule has 0 saturated heterocycles. The fourth-order valence-corrected chi connectivity index (χ4v) is 1.92. The molecule has 1 aliphatic rings. The number of fused-ring (bicyclic) bond motifs is 1. The summed E-state index contributed by atoms with van der Waals surface area (Å²) >= 11 is 11.4. The van der Waals surface area contributed by atoms with E-state index in [0.717, 1.165) is 0 Å². The van der Waals surface area contributed by atoms with Crippen LogP contribution in [0.4, 0.5) is 0 Å². The normalized spacial score (nSPS) is 13.6. The van der Waals surface area contributed by atoms with E-state index >= 15 is 0 Å². The summed E-state index contributed by atoms with van der Waals surface area (Å²) in [6.07, 6.45) is 0.568. The third kappa shape index (κ3) is 1.31. The van der Waals surface area contributed by atoms with Gasteiger partial charge < -0.3 is 9.84 Å². The van der Waals surface area contributed by atoms with Crippen LogP contribution in [0.15, 0.2) is 0 Å². The first kappa shape index (κ1) is 9.55. The van der Waals surface area contributed by atoms with E-state index in [9.17, 15) is 4.79 Å². The molecule has 2 rings (SSSR count). The lowest BCUT2D eigenvalue weighted by molar-refractivity contribution is 0.0693. The summed E-state index contributed by atoms with van der Waals surface area (Å²) < 4.78 is 5.16. The highest BCUT2D eigenvalue weighted by Crippen LogP contribution is 2.37. The van der Waals surface area contributed by atoms with Gasteiger partial charge in [-0.05, 0) is 0 Å². The Balaban J connectivity index is 2.72. The predicted molar refractivity (Wildman–Crippen MR) is 50.4 cm³/mol. The van der Waals surface area contributed by atoms with Gasteiger partial charge in [-0.25, -0.2) is 9.78 Å². The van der Waals surface area contributed by atoms with Crippen LogP contribution < -0.4 is 4.74 Å². The van der Waals surface area contributed by atoms with Crippen molar-refractivity contribution in [2.45, 2.75) is 6.42 Å². The van der Waals surface area contributed by atoms with Crippen LogP contribution in [0.5, 0.6) is 5.75 Å². The average Bonchev–Trinajstić information content (AvgIpc) is 2.51. The monoisotopic (exact) mass is 233 g/mol. The van der Waals surface area contributed by atoms with Crippen LogP contribution in [0, 0.1) is 0 Å². The van der Waals surface area contributed by atoms with E-state index in [0.29, 0.717) is 18.6 Å². The number of aromatic nitrogens is 1. The molecule has 14 heavy (non-hydrogen) atoms. The molecule has 1 aromatic heterocycles. The van der Waals surface area contributed by atoms with Crippen molar-refractivity contribution in [2.75, 3.05) is 6.61 Å². The van der Waals surface area contributed by atoms with Crippen molar-refractivity contribution in [1.29, 1.82) is 0 Å². The first-order valence-corrected chi connectivity index (χ1v) is 4.61. The predicted octanol–water partition coefficient (Wildman–Crippen LogP) is 2.02. The molecule has 0 radical (unpaired) electrons. The van der Waals surface area contributed by atoms with Gasteiger partial charge in [-0.15, -0.1) is 0 Å². The molecule has 74 valence electrons. The van der Waals surface area contributed by atoms with Gasteiger partial charge in [0.2, 0.25) is 0 Å². The lowest BCUT2D eigenvalue weighted by Crippen LogP contribution is -2.03. The van der Waals surface area contributed by atoms with Gasteiger partial charge >= 0.3 is 5.97 Å². The van der Waals surface area contributed by atoms with E-state index in [1.165, 1.54) is 0 Å². The second kappa shape index (κ2) is 3.29. The average molecular weight is 234 g/mol. The van der Waals surface area contributed by atoms with Crippen molar-refractivity contribution in [1.82, 2.24) is 4.98 Å². The van der Waals surface area contributed by atoms with Crippen molar-refractivity contribution in [3.63, 3.8) is 0 Å².